The highest BCUT2D eigenvalue weighted by Gasteiger charge is 2.19. The number of hydrogen-bond donors (Lipinski definition) is 1. The van der Waals surface area contributed by atoms with Gasteiger partial charge in [0.05, 0.1) is 0 Å². The van der Waals surface area contributed by atoms with Gasteiger partial charge in [-0.3, -0.25) is 0 Å². The summed E-state index contributed by atoms with van der Waals surface area (Å²) in [7, 11) is 0. The Balaban J connectivity index is 1.94. The Morgan fingerprint density at radius 2 is 2.38 bits per heavy atom. The number of alkyl halides is 1. The molecule has 1 aliphatic rings. The van der Waals surface area contributed by atoms with Crippen LogP contribution in [0, 0.1) is 12.8 Å². The number of nitrogens with one attached hydrogen (secondary N) is 1. The molecule has 1 aliphatic heterocycles. The number of halogens is 1. The molecule has 0 radical (unpaired) electrons. The zero-order valence-corrected chi connectivity index (χ0v) is 9.88. The van der Waals surface area contributed by atoms with E-state index in [4.69, 9.17) is 0 Å². The molecule has 1 aromatic rings. The molecule has 2 heteroatoms. The molecule has 0 aliphatic carbocycles. The van der Waals surface area contributed by atoms with Crippen molar-refractivity contribution < 1.29 is 4.39 Å². The van der Waals surface area contributed by atoms with Crippen LogP contribution in [-0.4, -0.2) is 13.1 Å². The summed E-state index contributed by atoms with van der Waals surface area (Å²) in [6.45, 7) is 4.09. The van der Waals surface area contributed by atoms with Crippen LogP contribution in [0.5, 0.6) is 0 Å². The predicted octanol–water partition coefficient (Wildman–Crippen LogP) is 3.40. The molecular formula is C14H20FN. The molecule has 88 valence electrons. The van der Waals surface area contributed by atoms with Gasteiger partial charge in [0.25, 0.3) is 0 Å². The first kappa shape index (κ1) is 11.6. The van der Waals surface area contributed by atoms with E-state index in [9.17, 15) is 4.39 Å². The molecule has 0 saturated carbocycles. The van der Waals surface area contributed by atoms with Crippen molar-refractivity contribution in [3.05, 3.63) is 35.4 Å². The molecule has 1 nitrogen and oxygen atoms in total. The van der Waals surface area contributed by atoms with E-state index in [2.05, 4.69) is 5.32 Å². The molecule has 2 unspecified atom stereocenters. The average molecular weight is 221 g/mol. The predicted molar refractivity (Wildman–Crippen MR) is 65.2 cm³/mol. The zero-order chi connectivity index (χ0) is 11.4. The maximum absolute atomic E-state index is 14.1. The van der Waals surface area contributed by atoms with Crippen molar-refractivity contribution in [2.45, 2.75) is 32.4 Å². The lowest BCUT2D eigenvalue weighted by atomic mass is 9.91. The fourth-order valence-electron chi connectivity index (χ4n) is 2.42. The fraction of sp³-hybridized carbons (Fsp3) is 0.571. The van der Waals surface area contributed by atoms with Gasteiger partial charge in [0, 0.05) is 0 Å². The maximum atomic E-state index is 14.1. The first-order valence-corrected chi connectivity index (χ1v) is 6.17. The van der Waals surface area contributed by atoms with E-state index < -0.39 is 6.17 Å². The van der Waals surface area contributed by atoms with Gasteiger partial charge in [-0.1, -0.05) is 29.8 Å². The lowest BCUT2D eigenvalue weighted by molar-refractivity contribution is 0.243. The monoisotopic (exact) mass is 221 g/mol. The Morgan fingerprint density at radius 1 is 1.50 bits per heavy atom. The number of aryl methyl sites for hydroxylation is 1. The second-order valence-electron chi connectivity index (χ2n) is 4.83. The molecule has 0 aromatic heterocycles. The third-order valence-electron chi connectivity index (χ3n) is 3.34. The van der Waals surface area contributed by atoms with Crippen molar-refractivity contribution >= 4 is 0 Å². The van der Waals surface area contributed by atoms with Crippen molar-refractivity contribution in [1.29, 1.82) is 0 Å². The van der Waals surface area contributed by atoms with E-state index in [1.54, 1.807) is 0 Å². The lowest BCUT2D eigenvalue weighted by Gasteiger charge is -2.24. The number of piperidine rings is 1. The van der Waals surface area contributed by atoms with Gasteiger partial charge >= 0.3 is 0 Å². The summed E-state index contributed by atoms with van der Waals surface area (Å²) >= 11 is 0. The summed E-state index contributed by atoms with van der Waals surface area (Å²) in [4.78, 5) is 0. The van der Waals surface area contributed by atoms with Crippen molar-refractivity contribution in [1.82, 2.24) is 5.32 Å². The van der Waals surface area contributed by atoms with E-state index in [0.717, 1.165) is 24.2 Å². The summed E-state index contributed by atoms with van der Waals surface area (Å²) in [5, 5.41) is 3.34. The van der Waals surface area contributed by atoms with Gasteiger partial charge in [0.15, 0.2) is 0 Å². The van der Waals surface area contributed by atoms with Crippen LogP contribution >= 0.6 is 0 Å². The first-order chi connectivity index (χ1) is 7.75. The Morgan fingerprint density at radius 3 is 3.06 bits per heavy atom. The second-order valence-corrected chi connectivity index (χ2v) is 4.83. The molecule has 2 atom stereocenters. The zero-order valence-electron chi connectivity index (χ0n) is 9.88. The van der Waals surface area contributed by atoms with Gasteiger partial charge in [-0.25, -0.2) is 4.39 Å². The minimum atomic E-state index is -0.801. The van der Waals surface area contributed by atoms with Crippen LogP contribution in [0.15, 0.2) is 24.3 Å². The molecule has 0 spiro atoms. The van der Waals surface area contributed by atoms with Crippen LogP contribution in [0.2, 0.25) is 0 Å². The van der Waals surface area contributed by atoms with Gasteiger partial charge < -0.3 is 5.32 Å². The minimum Gasteiger partial charge on any atom is -0.316 e. The van der Waals surface area contributed by atoms with Gasteiger partial charge in [-0.2, -0.15) is 0 Å². The number of hydrogen-bond acceptors (Lipinski definition) is 1. The molecule has 1 saturated heterocycles. The molecular weight excluding hydrogens is 201 g/mol. The Kier molecular flexibility index (Phi) is 3.94. The van der Waals surface area contributed by atoms with E-state index in [1.807, 2.05) is 31.2 Å². The molecule has 1 aromatic carbocycles. The molecule has 2 rings (SSSR count). The lowest BCUT2D eigenvalue weighted by Crippen LogP contribution is -2.30. The summed E-state index contributed by atoms with van der Waals surface area (Å²) in [6.07, 6.45) is 2.21. The number of benzene rings is 1. The quantitative estimate of drug-likeness (QED) is 0.825. The van der Waals surface area contributed by atoms with Crippen LogP contribution < -0.4 is 5.32 Å². The van der Waals surface area contributed by atoms with E-state index in [0.29, 0.717) is 12.3 Å². The van der Waals surface area contributed by atoms with Gasteiger partial charge in [0.1, 0.15) is 6.17 Å². The van der Waals surface area contributed by atoms with Crippen molar-refractivity contribution in [3.8, 4) is 0 Å². The van der Waals surface area contributed by atoms with Gasteiger partial charge in [-0.05, 0) is 50.8 Å². The highest BCUT2D eigenvalue weighted by Crippen LogP contribution is 2.28. The molecule has 1 fully saturated rings. The largest absolute Gasteiger partial charge is 0.316 e. The van der Waals surface area contributed by atoms with Gasteiger partial charge in [-0.15, -0.1) is 0 Å². The summed E-state index contributed by atoms with van der Waals surface area (Å²) in [5.41, 5.74) is 1.98. The third-order valence-corrected chi connectivity index (χ3v) is 3.34. The third kappa shape index (κ3) is 3.05. The molecule has 1 heterocycles. The standard InChI is InChI=1S/C14H20FN/c1-11-4-2-6-13(8-11)14(15)9-12-5-3-7-16-10-12/h2,4,6,8,12,14,16H,3,5,7,9-10H2,1H3. The average Bonchev–Trinajstić information content (AvgIpc) is 2.30. The summed E-state index contributed by atoms with van der Waals surface area (Å²) in [5.74, 6) is 0.504. The molecule has 1 N–H and O–H groups in total. The first-order valence-electron chi connectivity index (χ1n) is 6.17. The van der Waals surface area contributed by atoms with Gasteiger partial charge in [0.2, 0.25) is 0 Å². The SMILES string of the molecule is Cc1cccc(C(F)CC2CCCNC2)c1. The second kappa shape index (κ2) is 5.44. The Bertz CT molecular complexity index is 331. The summed E-state index contributed by atoms with van der Waals surface area (Å²) < 4.78 is 14.1. The number of rotatable bonds is 3. The highest BCUT2D eigenvalue weighted by atomic mass is 19.1. The van der Waals surface area contributed by atoms with Crippen LogP contribution in [0.3, 0.4) is 0 Å². The van der Waals surface area contributed by atoms with Crippen molar-refractivity contribution in [2.24, 2.45) is 5.92 Å². The Labute approximate surface area is 97.1 Å². The van der Waals surface area contributed by atoms with E-state index >= 15 is 0 Å². The minimum absolute atomic E-state index is 0.504. The van der Waals surface area contributed by atoms with Crippen LogP contribution in [0.1, 0.15) is 36.6 Å². The smallest absolute Gasteiger partial charge is 0.125 e. The van der Waals surface area contributed by atoms with Crippen LogP contribution in [0.4, 0.5) is 4.39 Å². The van der Waals surface area contributed by atoms with Crippen LogP contribution in [-0.2, 0) is 0 Å². The Hall–Kier alpha value is -0.890. The topological polar surface area (TPSA) is 12.0 Å². The van der Waals surface area contributed by atoms with Crippen molar-refractivity contribution in [3.63, 3.8) is 0 Å². The normalized spacial score (nSPS) is 23.0. The van der Waals surface area contributed by atoms with E-state index in [-0.39, 0.29) is 0 Å². The van der Waals surface area contributed by atoms with E-state index in [1.165, 1.54) is 12.8 Å². The molecule has 0 amide bonds. The molecule has 16 heavy (non-hydrogen) atoms. The molecule has 0 bridgehead atoms. The maximum Gasteiger partial charge on any atom is 0.125 e. The fourth-order valence-corrected chi connectivity index (χ4v) is 2.42. The van der Waals surface area contributed by atoms with Crippen molar-refractivity contribution in [2.75, 3.05) is 13.1 Å². The van der Waals surface area contributed by atoms with Crippen LogP contribution in [0.25, 0.3) is 0 Å². The highest BCUT2D eigenvalue weighted by molar-refractivity contribution is 5.24. The summed E-state index contributed by atoms with van der Waals surface area (Å²) in [6, 6.07) is 7.81.